The molecule has 3 N–H and O–H groups in total. The standard InChI is InChI=1S/C14H26N4O2/c1-11(2)17-9-5-14(6-10-17)12(19)18(13(20)16-14)8-4-3-7-15/h11H,3-10,15H2,1-2H3,(H,16,20). The van der Waals surface area contributed by atoms with Crippen LogP contribution in [0.15, 0.2) is 0 Å². The van der Waals surface area contributed by atoms with E-state index in [4.69, 9.17) is 5.73 Å². The molecule has 0 aromatic carbocycles. The van der Waals surface area contributed by atoms with Gasteiger partial charge in [-0.15, -0.1) is 0 Å². The number of urea groups is 1. The summed E-state index contributed by atoms with van der Waals surface area (Å²) in [6, 6.07) is 0.255. The predicted octanol–water partition coefficient (Wildman–Crippen LogP) is 0.520. The number of carbonyl (C=O) groups is 2. The molecule has 0 bridgehead atoms. The van der Waals surface area contributed by atoms with Gasteiger partial charge in [0.25, 0.3) is 5.91 Å². The lowest BCUT2D eigenvalue weighted by Crippen LogP contribution is -2.56. The predicted molar refractivity (Wildman–Crippen MR) is 77.2 cm³/mol. The molecule has 114 valence electrons. The topological polar surface area (TPSA) is 78.7 Å². The Hall–Kier alpha value is -1.14. The fraction of sp³-hybridized carbons (Fsp3) is 0.857. The van der Waals surface area contributed by atoms with Crippen LogP contribution < -0.4 is 11.1 Å². The van der Waals surface area contributed by atoms with Crippen molar-refractivity contribution in [3.05, 3.63) is 0 Å². The number of rotatable bonds is 5. The second-order valence-electron chi connectivity index (χ2n) is 6.09. The average Bonchev–Trinajstić information content (AvgIpc) is 2.64. The van der Waals surface area contributed by atoms with Gasteiger partial charge in [0, 0.05) is 25.7 Å². The molecule has 2 aliphatic heterocycles. The highest BCUT2D eigenvalue weighted by molar-refractivity contribution is 6.07. The van der Waals surface area contributed by atoms with Crippen LogP contribution in [0, 0.1) is 0 Å². The van der Waals surface area contributed by atoms with Gasteiger partial charge in [-0.3, -0.25) is 9.69 Å². The number of nitrogens with zero attached hydrogens (tertiary/aromatic N) is 2. The number of hydrogen-bond donors (Lipinski definition) is 2. The van der Waals surface area contributed by atoms with Gasteiger partial charge in [-0.25, -0.2) is 4.79 Å². The van der Waals surface area contributed by atoms with Gasteiger partial charge in [-0.1, -0.05) is 0 Å². The zero-order chi connectivity index (χ0) is 14.8. The van der Waals surface area contributed by atoms with Crippen molar-refractivity contribution in [1.82, 2.24) is 15.1 Å². The van der Waals surface area contributed by atoms with Crippen LogP contribution >= 0.6 is 0 Å². The van der Waals surface area contributed by atoms with E-state index in [-0.39, 0.29) is 11.9 Å². The Morgan fingerprint density at radius 2 is 1.90 bits per heavy atom. The zero-order valence-corrected chi connectivity index (χ0v) is 12.5. The second kappa shape index (κ2) is 6.10. The Labute approximate surface area is 120 Å². The summed E-state index contributed by atoms with van der Waals surface area (Å²) in [5.74, 6) is -0.0390. The molecule has 0 radical (unpaired) electrons. The number of amides is 3. The molecule has 6 heteroatoms. The molecule has 0 unspecified atom stereocenters. The molecule has 2 fully saturated rings. The van der Waals surface area contributed by atoms with Crippen LogP contribution in [0.2, 0.25) is 0 Å². The summed E-state index contributed by atoms with van der Waals surface area (Å²) in [5.41, 5.74) is 4.81. The van der Waals surface area contributed by atoms with E-state index in [0.717, 1.165) is 25.9 Å². The van der Waals surface area contributed by atoms with Crippen molar-refractivity contribution >= 4 is 11.9 Å². The number of likely N-dealkylation sites (tertiary alicyclic amines) is 1. The Bertz CT molecular complexity index is 375. The highest BCUT2D eigenvalue weighted by Gasteiger charge is 2.52. The Balaban J connectivity index is 1.97. The third-order valence-electron chi connectivity index (χ3n) is 4.46. The lowest BCUT2D eigenvalue weighted by molar-refractivity contribution is -0.133. The van der Waals surface area contributed by atoms with Crippen molar-refractivity contribution < 1.29 is 9.59 Å². The Morgan fingerprint density at radius 1 is 1.25 bits per heavy atom. The van der Waals surface area contributed by atoms with Crippen molar-refractivity contribution in [2.24, 2.45) is 5.73 Å². The Kier molecular flexibility index (Phi) is 4.65. The van der Waals surface area contributed by atoms with Crippen LogP contribution in [0.25, 0.3) is 0 Å². The lowest BCUT2D eigenvalue weighted by Gasteiger charge is -2.39. The molecular weight excluding hydrogens is 256 g/mol. The Morgan fingerprint density at radius 3 is 2.45 bits per heavy atom. The largest absolute Gasteiger partial charge is 0.330 e. The molecule has 6 nitrogen and oxygen atoms in total. The molecule has 0 atom stereocenters. The van der Waals surface area contributed by atoms with E-state index in [1.165, 1.54) is 4.90 Å². The van der Waals surface area contributed by atoms with Crippen LogP contribution in [0.4, 0.5) is 4.79 Å². The normalized spacial score (nSPS) is 22.9. The number of nitrogens with two attached hydrogens (primary N) is 1. The zero-order valence-electron chi connectivity index (χ0n) is 12.5. The van der Waals surface area contributed by atoms with E-state index >= 15 is 0 Å². The minimum Gasteiger partial charge on any atom is -0.330 e. The van der Waals surface area contributed by atoms with Crippen molar-refractivity contribution in [3.8, 4) is 0 Å². The van der Waals surface area contributed by atoms with Gasteiger partial charge < -0.3 is 16.0 Å². The fourth-order valence-corrected chi connectivity index (χ4v) is 3.05. The van der Waals surface area contributed by atoms with Gasteiger partial charge >= 0.3 is 6.03 Å². The summed E-state index contributed by atoms with van der Waals surface area (Å²) in [4.78, 5) is 28.3. The molecule has 1 spiro atoms. The smallest absolute Gasteiger partial charge is 0.325 e. The first-order chi connectivity index (χ1) is 9.50. The molecule has 2 aliphatic rings. The maximum Gasteiger partial charge on any atom is 0.325 e. The number of hydrogen-bond acceptors (Lipinski definition) is 4. The van der Waals surface area contributed by atoms with E-state index in [0.29, 0.717) is 32.0 Å². The maximum atomic E-state index is 12.6. The van der Waals surface area contributed by atoms with Crippen LogP contribution in [0.1, 0.15) is 39.5 Å². The second-order valence-corrected chi connectivity index (χ2v) is 6.09. The maximum absolute atomic E-state index is 12.6. The molecule has 0 aliphatic carbocycles. The number of carbonyl (C=O) groups excluding carboxylic acids is 2. The number of piperidine rings is 1. The summed E-state index contributed by atoms with van der Waals surface area (Å²) in [7, 11) is 0. The van der Waals surface area contributed by atoms with E-state index in [1.807, 2.05) is 0 Å². The van der Waals surface area contributed by atoms with Gasteiger partial charge in [0.05, 0.1) is 0 Å². The van der Waals surface area contributed by atoms with Crippen LogP contribution in [-0.2, 0) is 4.79 Å². The summed E-state index contributed by atoms with van der Waals surface area (Å²) in [6.07, 6.45) is 3.04. The highest BCUT2D eigenvalue weighted by Crippen LogP contribution is 2.30. The first-order valence-corrected chi connectivity index (χ1v) is 7.58. The van der Waals surface area contributed by atoms with Crippen molar-refractivity contribution in [3.63, 3.8) is 0 Å². The molecule has 0 aromatic heterocycles. The van der Waals surface area contributed by atoms with E-state index < -0.39 is 5.54 Å². The summed E-state index contributed by atoms with van der Waals surface area (Å²) >= 11 is 0. The summed E-state index contributed by atoms with van der Waals surface area (Å²) < 4.78 is 0. The van der Waals surface area contributed by atoms with Crippen molar-refractivity contribution in [1.29, 1.82) is 0 Å². The van der Waals surface area contributed by atoms with Gasteiger partial charge in [-0.2, -0.15) is 0 Å². The number of unbranched alkanes of at least 4 members (excludes halogenated alkanes) is 1. The van der Waals surface area contributed by atoms with Crippen molar-refractivity contribution in [2.45, 2.75) is 51.1 Å². The first-order valence-electron chi connectivity index (χ1n) is 7.58. The molecule has 2 rings (SSSR count). The molecule has 0 saturated carbocycles. The third kappa shape index (κ3) is 2.81. The number of nitrogens with one attached hydrogen (secondary N) is 1. The fourth-order valence-electron chi connectivity index (χ4n) is 3.05. The highest BCUT2D eigenvalue weighted by atomic mass is 16.2. The van der Waals surface area contributed by atoms with Gasteiger partial charge in [0.15, 0.2) is 0 Å². The van der Waals surface area contributed by atoms with Crippen LogP contribution in [-0.4, -0.2) is 59.5 Å². The first kappa shape index (κ1) is 15.3. The molecule has 3 amide bonds. The lowest BCUT2D eigenvalue weighted by atomic mass is 9.87. The van der Waals surface area contributed by atoms with Crippen LogP contribution in [0.5, 0.6) is 0 Å². The number of imide groups is 1. The van der Waals surface area contributed by atoms with Gasteiger partial charge in [0.2, 0.25) is 0 Å². The quantitative estimate of drug-likeness (QED) is 0.569. The molecule has 0 aromatic rings. The molecule has 2 saturated heterocycles. The monoisotopic (exact) mass is 282 g/mol. The average molecular weight is 282 g/mol. The molecule has 2 heterocycles. The minimum absolute atomic E-state index is 0.0390. The minimum atomic E-state index is -0.648. The van der Waals surface area contributed by atoms with E-state index in [9.17, 15) is 9.59 Å². The summed E-state index contributed by atoms with van der Waals surface area (Å²) in [5, 5.41) is 2.94. The summed E-state index contributed by atoms with van der Waals surface area (Å²) in [6.45, 7) is 7.12. The third-order valence-corrected chi connectivity index (χ3v) is 4.46. The van der Waals surface area contributed by atoms with Gasteiger partial charge in [0.1, 0.15) is 5.54 Å². The van der Waals surface area contributed by atoms with Gasteiger partial charge in [-0.05, 0) is 46.1 Å². The SMILES string of the molecule is CC(C)N1CCC2(CC1)NC(=O)N(CCCCN)C2=O. The van der Waals surface area contributed by atoms with Crippen molar-refractivity contribution in [2.75, 3.05) is 26.2 Å². The van der Waals surface area contributed by atoms with Crippen LogP contribution in [0.3, 0.4) is 0 Å². The van der Waals surface area contributed by atoms with E-state index in [1.54, 1.807) is 0 Å². The molecule has 20 heavy (non-hydrogen) atoms. The van der Waals surface area contributed by atoms with E-state index in [2.05, 4.69) is 24.1 Å². The molecular formula is C14H26N4O2.